The third-order valence-electron chi connectivity index (χ3n) is 2.41. The molecule has 0 aliphatic rings. The van der Waals surface area contributed by atoms with Crippen LogP contribution in [0, 0.1) is 10.6 Å². The van der Waals surface area contributed by atoms with Crippen molar-refractivity contribution in [3.05, 3.63) is 34.9 Å². The number of benzene rings is 1. The van der Waals surface area contributed by atoms with Gasteiger partial charge in [0.2, 0.25) is 0 Å². The molecule has 0 aliphatic heterocycles. The Morgan fingerprint density at radius 3 is 2.72 bits per heavy atom. The molecule has 0 bridgehead atoms. The molecule has 2 rings (SSSR count). The molecule has 94 valence electrons. The predicted octanol–water partition coefficient (Wildman–Crippen LogP) is 2.22. The van der Waals surface area contributed by atoms with Gasteiger partial charge in [0, 0.05) is 12.1 Å². The molecule has 0 fully saturated rings. The Morgan fingerprint density at radius 1 is 1.44 bits per heavy atom. The van der Waals surface area contributed by atoms with E-state index in [0.29, 0.717) is 16.2 Å². The normalized spacial score (nSPS) is 10.5. The van der Waals surface area contributed by atoms with Gasteiger partial charge in [-0.3, -0.25) is 14.5 Å². The van der Waals surface area contributed by atoms with E-state index in [1.807, 2.05) is 0 Å². The van der Waals surface area contributed by atoms with Crippen molar-refractivity contribution >= 4 is 18.2 Å². The number of carbonyl (C=O) groups is 1. The van der Waals surface area contributed by atoms with Gasteiger partial charge in [-0.15, -0.1) is 0 Å². The van der Waals surface area contributed by atoms with Crippen molar-refractivity contribution in [1.29, 1.82) is 0 Å². The van der Waals surface area contributed by atoms with Crippen LogP contribution in [0.4, 0.5) is 4.39 Å². The van der Waals surface area contributed by atoms with Gasteiger partial charge in [0.15, 0.2) is 10.6 Å². The van der Waals surface area contributed by atoms with Crippen LogP contribution >= 0.6 is 12.2 Å². The maximum atomic E-state index is 12.8. The first-order chi connectivity index (χ1) is 8.58. The van der Waals surface area contributed by atoms with E-state index < -0.39 is 5.97 Å². The van der Waals surface area contributed by atoms with E-state index in [1.54, 1.807) is 16.7 Å². The van der Waals surface area contributed by atoms with Gasteiger partial charge in [-0.1, -0.05) is 0 Å². The van der Waals surface area contributed by atoms with Crippen LogP contribution in [0.3, 0.4) is 0 Å². The third kappa shape index (κ3) is 2.62. The van der Waals surface area contributed by atoms with E-state index in [2.05, 4.69) is 10.2 Å². The summed E-state index contributed by atoms with van der Waals surface area (Å²) in [5.74, 6) is -0.755. The summed E-state index contributed by atoms with van der Waals surface area (Å²) < 4.78 is 14.8. The van der Waals surface area contributed by atoms with Crippen molar-refractivity contribution in [1.82, 2.24) is 14.8 Å². The SMILES string of the molecule is O=C(O)CCn1c(-c2ccc(F)cc2)n[nH]c1=S. The highest BCUT2D eigenvalue weighted by Gasteiger charge is 2.10. The zero-order chi connectivity index (χ0) is 13.1. The first-order valence-electron chi connectivity index (χ1n) is 5.21. The molecular weight excluding hydrogens is 257 g/mol. The standard InChI is InChI=1S/C11H10FN3O2S/c12-8-3-1-7(2-4-8)10-13-14-11(18)15(10)6-5-9(16)17/h1-4H,5-6H2,(H,14,18)(H,16,17). The minimum Gasteiger partial charge on any atom is -0.481 e. The van der Waals surface area contributed by atoms with Crippen molar-refractivity contribution < 1.29 is 14.3 Å². The van der Waals surface area contributed by atoms with Gasteiger partial charge in [0.1, 0.15) is 5.82 Å². The average molecular weight is 267 g/mol. The van der Waals surface area contributed by atoms with Crippen LogP contribution in [0.25, 0.3) is 11.4 Å². The molecule has 0 atom stereocenters. The van der Waals surface area contributed by atoms with Crippen LogP contribution in [0.2, 0.25) is 0 Å². The molecule has 2 aromatic rings. The van der Waals surface area contributed by atoms with Crippen molar-refractivity contribution in [2.75, 3.05) is 0 Å². The monoisotopic (exact) mass is 267 g/mol. The fraction of sp³-hybridized carbons (Fsp3) is 0.182. The van der Waals surface area contributed by atoms with E-state index in [4.69, 9.17) is 17.3 Å². The minimum atomic E-state index is -0.914. The van der Waals surface area contributed by atoms with Gasteiger partial charge in [-0.25, -0.2) is 4.39 Å². The Labute approximate surface area is 107 Å². The molecule has 0 spiro atoms. The number of aromatic nitrogens is 3. The quantitative estimate of drug-likeness (QED) is 0.833. The van der Waals surface area contributed by atoms with Crippen LogP contribution in [-0.4, -0.2) is 25.8 Å². The van der Waals surface area contributed by atoms with E-state index in [1.165, 1.54) is 12.1 Å². The minimum absolute atomic E-state index is 0.0535. The first kappa shape index (κ1) is 12.4. The molecule has 0 aliphatic carbocycles. The maximum Gasteiger partial charge on any atom is 0.305 e. The van der Waals surface area contributed by atoms with E-state index in [0.717, 1.165) is 0 Å². The first-order valence-corrected chi connectivity index (χ1v) is 5.61. The Hall–Kier alpha value is -2.02. The van der Waals surface area contributed by atoms with Crippen LogP contribution in [0.5, 0.6) is 0 Å². The van der Waals surface area contributed by atoms with E-state index in [-0.39, 0.29) is 18.8 Å². The second kappa shape index (κ2) is 5.09. The van der Waals surface area contributed by atoms with Crippen molar-refractivity contribution in [2.45, 2.75) is 13.0 Å². The molecule has 1 heterocycles. The molecule has 2 N–H and O–H groups in total. The summed E-state index contributed by atoms with van der Waals surface area (Å²) in [6, 6.07) is 5.76. The Kier molecular flexibility index (Phi) is 3.52. The second-order valence-corrected chi connectivity index (χ2v) is 4.04. The Morgan fingerprint density at radius 2 is 2.11 bits per heavy atom. The average Bonchev–Trinajstić information content (AvgIpc) is 2.69. The van der Waals surface area contributed by atoms with Crippen LogP contribution in [0.1, 0.15) is 6.42 Å². The van der Waals surface area contributed by atoms with Crippen molar-refractivity contribution in [3.63, 3.8) is 0 Å². The van der Waals surface area contributed by atoms with Crippen LogP contribution < -0.4 is 0 Å². The van der Waals surface area contributed by atoms with Gasteiger partial charge in [0.25, 0.3) is 0 Å². The lowest BCUT2D eigenvalue weighted by Gasteiger charge is -2.04. The summed E-state index contributed by atoms with van der Waals surface area (Å²) in [6.07, 6.45) is -0.0535. The highest BCUT2D eigenvalue weighted by molar-refractivity contribution is 7.71. The largest absolute Gasteiger partial charge is 0.481 e. The van der Waals surface area contributed by atoms with Gasteiger partial charge in [-0.05, 0) is 36.5 Å². The molecular formula is C11H10FN3O2S. The molecule has 1 aromatic heterocycles. The summed E-state index contributed by atoms with van der Waals surface area (Å²) in [5.41, 5.74) is 0.675. The molecule has 0 radical (unpaired) electrons. The fourth-order valence-corrected chi connectivity index (χ4v) is 1.78. The van der Waals surface area contributed by atoms with Crippen LogP contribution in [-0.2, 0) is 11.3 Å². The predicted molar refractivity (Wildman–Crippen MR) is 65.1 cm³/mol. The number of aromatic amines is 1. The van der Waals surface area contributed by atoms with Gasteiger partial charge in [-0.2, -0.15) is 5.10 Å². The molecule has 0 saturated carbocycles. The number of rotatable bonds is 4. The second-order valence-electron chi connectivity index (χ2n) is 3.65. The third-order valence-corrected chi connectivity index (χ3v) is 2.72. The summed E-state index contributed by atoms with van der Waals surface area (Å²) in [5, 5.41) is 15.3. The summed E-state index contributed by atoms with van der Waals surface area (Å²) in [4.78, 5) is 10.6. The number of nitrogens with one attached hydrogen (secondary N) is 1. The van der Waals surface area contributed by atoms with Gasteiger partial charge >= 0.3 is 5.97 Å². The van der Waals surface area contributed by atoms with Crippen LogP contribution in [0.15, 0.2) is 24.3 Å². The number of H-pyrrole nitrogens is 1. The lowest BCUT2D eigenvalue weighted by Crippen LogP contribution is -2.06. The molecule has 7 heteroatoms. The summed E-state index contributed by atoms with van der Waals surface area (Å²) >= 11 is 5.03. The van der Waals surface area contributed by atoms with Gasteiger partial charge in [0.05, 0.1) is 6.42 Å². The molecule has 1 aromatic carbocycles. The Bertz CT molecular complexity index is 618. The fourth-order valence-electron chi connectivity index (χ4n) is 1.55. The molecule has 5 nitrogen and oxygen atoms in total. The number of hydrogen-bond acceptors (Lipinski definition) is 3. The van der Waals surface area contributed by atoms with E-state index >= 15 is 0 Å². The highest BCUT2D eigenvalue weighted by Crippen LogP contribution is 2.17. The number of nitrogens with zero attached hydrogens (tertiary/aromatic N) is 2. The van der Waals surface area contributed by atoms with Crippen molar-refractivity contribution in [2.24, 2.45) is 0 Å². The maximum absolute atomic E-state index is 12.8. The number of hydrogen-bond donors (Lipinski definition) is 2. The lowest BCUT2D eigenvalue weighted by molar-refractivity contribution is -0.137. The number of halogens is 1. The summed E-state index contributed by atoms with van der Waals surface area (Å²) in [6.45, 7) is 0.220. The van der Waals surface area contributed by atoms with Crippen molar-refractivity contribution in [3.8, 4) is 11.4 Å². The molecule has 18 heavy (non-hydrogen) atoms. The summed E-state index contributed by atoms with van der Waals surface area (Å²) in [7, 11) is 0. The Balaban J connectivity index is 2.36. The van der Waals surface area contributed by atoms with Gasteiger partial charge < -0.3 is 5.11 Å². The smallest absolute Gasteiger partial charge is 0.305 e. The highest BCUT2D eigenvalue weighted by atomic mass is 32.1. The van der Waals surface area contributed by atoms with E-state index in [9.17, 15) is 9.18 Å². The number of carboxylic acids is 1. The molecule has 0 saturated heterocycles. The number of carboxylic acid groups (broad SMARTS) is 1. The molecule has 0 unspecified atom stereocenters. The molecule has 0 amide bonds. The number of aliphatic carboxylic acids is 1. The zero-order valence-electron chi connectivity index (χ0n) is 9.26. The topological polar surface area (TPSA) is 70.9 Å². The zero-order valence-corrected chi connectivity index (χ0v) is 10.1. The lowest BCUT2D eigenvalue weighted by atomic mass is 10.2.